The summed E-state index contributed by atoms with van der Waals surface area (Å²) in [5, 5.41) is 11.3. The van der Waals surface area contributed by atoms with Gasteiger partial charge in [0.25, 0.3) is 0 Å². The molecule has 3 N–H and O–H groups in total. The van der Waals surface area contributed by atoms with Gasteiger partial charge in [-0.2, -0.15) is 0 Å². The van der Waals surface area contributed by atoms with Gasteiger partial charge in [0.05, 0.1) is 6.10 Å². The number of aliphatic hydroxyl groups excluding tert-OH is 1. The lowest BCUT2D eigenvalue weighted by molar-refractivity contribution is 0.147. The van der Waals surface area contributed by atoms with Gasteiger partial charge >= 0.3 is 0 Å². The van der Waals surface area contributed by atoms with Crippen LogP contribution in [0.25, 0.3) is 0 Å². The topological polar surface area (TPSA) is 46.2 Å². The van der Waals surface area contributed by atoms with Gasteiger partial charge in [-0.25, -0.2) is 0 Å². The molecule has 0 heterocycles. The average Bonchev–Trinajstić information content (AvgIpc) is 2.40. The predicted octanol–water partition coefficient (Wildman–Crippen LogP) is 3.73. The van der Waals surface area contributed by atoms with E-state index in [0.717, 1.165) is 16.7 Å². The van der Waals surface area contributed by atoms with Gasteiger partial charge in [-0.3, -0.25) is 0 Å². The molecular weight excluding hydrogens is 270 g/mol. The minimum Gasteiger partial charge on any atom is -0.388 e. The molecule has 0 bridgehead atoms. The fraction of sp³-hybridized carbons (Fsp3) is 0.294. The predicted molar refractivity (Wildman–Crippen MR) is 84.1 cm³/mol. The van der Waals surface area contributed by atoms with E-state index in [4.69, 9.17) is 17.3 Å². The molecule has 0 aliphatic carbocycles. The van der Waals surface area contributed by atoms with E-state index >= 15 is 0 Å². The Bertz CT molecular complexity index is 560. The van der Waals surface area contributed by atoms with Crippen molar-refractivity contribution in [1.82, 2.24) is 0 Å². The van der Waals surface area contributed by atoms with Crippen molar-refractivity contribution in [3.63, 3.8) is 0 Å². The summed E-state index contributed by atoms with van der Waals surface area (Å²) in [5.41, 5.74) is 9.95. The van der Waals surface area contributed by atoms with Crippen molar-refractivity contribution in [2.45, 2.75) is 25.9 Å². The van der Waals surface area contributed by atoms with Gasteiger partial charge in [0, 0.05) is 17.5 Å². The first-order valence-electron chi connectivity index (χ1n) is 6.73. The van der Waals surface area contributed by atoms with E-state index in [9.17, 15) is 5.11 Å². The summed E-state index contributed by atoms with van der Waals surface area (Å²) < 4.78 is 0. The lowest BCUT2D eigenvalue weighted by Crippen LogP contribution is -2.20. The standard InChI is InChI=1S/C17H20ClNO/c1-11-3-5-13(6-4-11)16(10-19)17(20)14-7-12(2)8-15(18)9-14/h3-9,16-17,20H,10,19H2,1-2H3. The summed E-state index contributed by atoms with van der Waals surface area (Å²) in [7, 11) is 0. The summed E-state index contributed by atoms with van der Waals surface area (Å²) >= 11 is 6.07. The van der Waals surface area contributed by atoms with Gasteiger partial charge in [-0.1, -0.05) is 47.5 Å². The van der Waals surface area contributed by atoms with Crippen LogP contribution in [0.5, 0.6) is 0 Å². The number of benzene rings is 2. The monoisotopic (exact) mass is 289 g/mol. The largest absolute Gasteiger partial charge is 0.388 e. The minimum atomic E-state index is -0.653. The number of nitrogens with two attached hydrogens (primary N) is 1. The molecule has 0 saturated heterocycles. The molecule has 0 aliphatic rings. The molecular formula is C17H20ClNO. The Balaban J connectivity index is 2.33. The van der Waals surface area contributed by atoms with Gasteiger partial charge in [-0.15, -0.1) is 0 Å². The Kier molecular flexibility index (Phi) is 4.81. The Labute approximate surface area is 125 Å². The summed E-state index contributed by atoms with van der Waals surface area (Å²) in [5.74, 6) is -0.131. The molecule has 3 heteroatoms. The molecule has 0 saturated carbocycles. The van der Waals surface area contributed by atoms with Crippen LogP contribution in [0.2, 0.25) is 5.02 Å². The lowest BCUT2D eigenvalue weighted by Gasteiger charge is -2.23. The third kappa shape index (κ3) is 3.40. The molecule has 2 nitrogen and oxygen atoms in total. The number of rotatable bonds is 4. The molecule has 2 atom stereocenters. The summed E-state index contributed by atoms with van der Waals surface area (Å²) in [6.45, 7) is 4.39. The van der Waals surface area contributed by atoms with E-state index in [1.165, 1.54) is 5.56 Å². The normalized spacial score (nSPS) is 14.1. The highest BCUT2D eigenvalue weighted by Gasteiger charge is 2.21. The van der Waals surface area contributed by atoms with Crippen molar-refractivity contribution in [2.24, 2.45) is 5.73 Å². The van der Waals surface area contributed by atoms with Crippen molar-refractivity contribution >= 4 is 11.6 Å². The highest BCUT2D eigenvalue weighted by Crippen LogP contribution is 2.32. The molecule has 0 amide bonds. The quantitative estimate of drug-likeness (QED) is 0.901. The van der Waals surface area contributed by atoms with Crippen LogP contribution in [0.3, 0.4) is 0 Å². The second-order valence-electron chi connectivity index (χ2n) is 5.26. The summed E-state index contributed by atoms with van der Waals surface area (Å²) in [6, 6.07) is 13.7. The Morgan fingerprint density at radius 2 is 1.65 bits per heavy atom. The van der Waals surface area contributed by atoms with Gasteiger partial charge in [0.1, 0.15) is 0 Å². The molecule has 0 radical (unpaired) electrons. The van der Waals surface area contributed by atoms with E-state index < -0.39 is 6.10 Å². The molecule has 2 unspecified atom stereocenters. The fourth-order valence-corrected chi connectivity index (χ4v) is 2.73. The first-order chi connectivity index (χ1) is 9.51. The molecule has 20 heavy (non-hydrogen) atoms. The van der Waals surface area contributed by atoms with Crippen LogP contribution in [0.1, 0.15) is 34.3 Å². The molecule has 106 valence electrons. The lowest BCUT2D eigenvalue weighted by atomic mass is 9.88. The Morgan fingerprint density at radius 3 is 2.20 bits per heavy atom. The first kappa shape index (κ1) is 15.0. The van der Waals surface area contributed by atoms with Crippen LogP contribution in [0.15, 0.2) is 42.5 Å². The van der Waals surface area contributed by atoms with Crippen molar-refractivity contribution in [3.8, 4) is 0 Å². The van der Waals surface area contributed by atoms with E-state index in [1.54, 1.807) is 6.07 Å². The van der Waals surface area contributed by atoms with Crippen LogP contribution < -0.4 is 5.73 Å². The zero-order valence-corrected chi connectivity index (χ0v) is 12.6. The highest BCUT2D eigenvalue weighted by molar-refractivity contribution is 6.30. The molecule has 0 aliphatic heterocycles. The SMILES string of the molecule is Cc1ccc(C(CN)C(O)c2cc(C)cc(Cl)c2)cc1. The number of hydrogen-bond acceptors (Lipinski definition) is 2. The van der Waals surface area contributed by atoms with Gasteiger partial charge < -0.3 is 10.8 Å². The van der Waals surface area contributed by atoms with Crippen molar-refractivity contribution in [1.29, 1.82) is 0 Å². The number of aryl methyl sites for hydroxylation is 2. The maximum atomic E-state index is 10.6. The van der Waals surface area contributed by atoms with Gasteiger partial charge in [0.2, 0.25) is 0 Å². The van der Waals surface area contributed by atoms with Crippen LogP contribution in [-0.2, 0) is 0 Å². The zero-order valence-electron chi connectivity index (χ0n) is 11.8. The smallest absolute Gasteiger partial charge is 0.0871 e. The molecule has 0 spiro atoms. The second kappa shape index (κ2) is 6.40. The van der Waals surface area contributed by atoms with E-state index in [-0.39, 0.29) is 5.92 Å². The molecule has 0 fully saturated rings. The zero-order chi connectivity index (χ0) is 14.7. The second-order valence-corrected chi connectivity index (χ2v) is 5.70. The number of aliphatic hydroxyl groups is 1. The Morgan fingerprint density at radius 1 is 1.00 bits per heavy atom. The van der Waals surface area contributed by atoms with E-state index in [1.807, 2.05) is 50.2 Å². The number of halogens is 1. The van der Waals surface area contributed by atoms with Crippen LogP contribution >= 0.6 is 11.6 Å². The first-order valence-corrected chi connectivity index (χ1v) is 7.11. The molecule has 0 aromatic heterocycles. The maximum Gasteiger partial charge on any atom is 0.0871 e. The average molecular weight is 290 g/mol. The van der Waals surface area contributed by atoms with Crippen LogP contribution in [-0.4, -0.2) is 11.7 Å². The molecule has 2 aromatic carbocycles. The molecule has 2 rings (SSSR count). The minimum absolute atomic E-state index is 0.131. The van der Waals surface area contributed by atoms with Crippen LogP contribution in [0, 0.1) is 13.8 Å². The van der Waals surface area contributed by atoms with Gasteiger partial charge in [-0.05, 0) is 42.7 Å². The Hall–Kier alpha value is -1.35. The van der Waals surface area contributed by atoms with Gasteiger partial charge in [0.15, 0.2) is 0 Å². The van der Waals surface area contributed by atoms with E-state index in [0.29, 0.717) is 11.6 Å². The summed E-state index contributed by atoms with van der Waals surface area (Å²) in [4.78, 5) is 0. The van der Waals surface area contributed by atoms with Crippen molar-refractivity contribution in [3.05, 3.63) is 69.7 Å². The fourth-order valence-electron chi connectivity index (χ4n) is 2.43. The van der Waals surface area contributed by atoms with Crippen molar-refractivity contribution < 1.29 is 5.11 Å². The highest BCUT2D eigenvalue weighted by atomic mass is 35.5. The molecule has 2 aromatic rings. The summed E-state index contributed by atoms with van der Waals surface area (Å²) in [6.07, 6.45) is -0.653. The third-order valence-corrected chi connectivity index (χ3v) is 3.76. The number of hydrogen-bond donors (Lipinski definition) is 2. The van der Waals surface area contributed by atoms with Crippen molar-refractivity contribution in [2.75, 3.05) is 6.54 Å². The van der Waals surface area contributed by atoms with E-state index in [2.05, 4.69) is 0 Å². The maximum absolute atomic E-state index is 10.6. The third-order valence-electron chi connectivity index (χ3n) is 3.55. The van der Waals surface area contributed by atoms with Crippen LogP contribution in [0.4, 0.5) is 0 Å².